The van der Waals surface area contributed by atoms with Gasteiger partial charge in [0.25, 0.3) is 0 Å². The largest absolute Gasteiger partial charge is 0.479 e. The molecule has 0 spiro atoms. The molecule has 1 aromatic carbocycles. The number of esters is 1. The molecule has 26 heavy (non-hydrogen) atoms. The monoisotopic (exact) mass is 389 g/mol. The summed E-state index contributed by atoms with van der Waals surface area (Å²) >= 11 is 5.51. The fourth-order valence-corrected chi connectivity index (χ4v) is 2.11. The highest BCUT2D eigenvalue weighted by atomic mass is 35.5. The van der Waals surface area contributed by atoms with Crippen molar-refractivity contribution in [3.63, 3.8) is 0 Å². The van der Waals surface area contributed by atoms with Crippen molar-refractivity contribution in [1.82, 2.24) is 4.98 Å². The van der Waals surface area contributed by atoms with Gasteiger partial charge in [0.05, 0.1) is 11.6 Å². The molecule has 0 amide bonds. The van der Waals surface area contributed by atoms with Crippen LogP contribution in [0.15, 0.2) is 36.4 Å². The average Bonchev–Trinajstić information content (AvgIpc) is 2.57. The van der Waals surface area contributed by atoms with Crippen molar-refractivity contribution in [2.75, 3.05) is 6.61 Å². The Morgan fingerprint density at radius 1 is 1.15 bits per heavy atom. The summed E-state index contributed by atoms with van der Waals surface area (Å²) in [5, 5.41) is -0.512. The van der Waals surface area contributed by atoms with E-state index in [4.69, 9.17) is 25.8 Å². The molecule has 0 saturated heterocycles. The molecule has 0 bridgehead atoms. The Morgan fingerprint density at radius 2 is 1.77 bits per heavy atom. The molecule has 2 rings (SSSR count). The van der Waals surface area contributed by atoms with Crippen molar-refractivity contribution in [3.8, 4) is 17.4 Å². The van der Waals surface area contributed by atoms with Crippen LogP contribution in [0.5, 0.6) is 17.4 Å². The second-order valence-electron chi connectivity index (χ2n) is 5.06. The molecule has 1 unspecified atom stereocenters. The van der Waals surface area contributed by atoms with Crippen LogP contribution in [-0.2, 0) is 15.7 Å². The molecule has 0 aliphatic carbocycles. The number of halogens is 4. The van der Waals surface area contributed by atoms with Crippen LogP contribution in [0.25, 0.3) is 0 Å². The van der Waals surface area contributed by atoms with Crippen molar-refractivity contribution in [2.45, 2.75) is 26.1 Å². The Bertz CT molecular complexity index is 766. The fraction of sp³-hybridized carbons (Fsp3) is 0.294. The number of rotatable bonds is 6. The Balaban J connectivity index is 2.07. The van der Waals surface area contributed by atoms with Crippen LogP contribution in [-0.4, -0.2) is 23.7 Å². The Hall–Kier alpha value is -2.48. The Labute approximate surface area is 152 Å². The molecule has 0 aliphatic rings. The van der Waals surface area contributed by atoms with E-state index in [1.54, 1.807) is 13.8 Å². The van der Waals surface area contributed by atoms with Crippen molar-refractivity contribution >= 4 is 17.6 Å². The predicted molar refractivity (Wildman–Crippen MR) is 87.5 cm³/mol. The third kappa shape index (κ3) is 5.26. The van der Waals surface area contributed by atoms with Crippen LogP contribution >= 0.6 is 11.6 Å². The van der Waals surface area contributed by atoms with E-state index in [9.17, 15) is 18.0 Å². The van der Waals surface area contributed by atoms with E-state index in [1.807, 2.05) is 0 Å². The second kappa shape index (κ2) is 8.27. The van der Waals surface area contributed by atoms with Gasteiger partial charge in [-0.25, -0.2) is 9.78 Å². The van der Waals surface area contributed by atoms with Crippen molar-refractivity contribution in [3.05, 3.63) is 47.1 Å². The van der Waals surface area contributed by atoms with Crippen LogP contribution in [0.3, 0.4) is 0 Å². The zero-order chi connectivity index (χ0) is 19.3. The van der Waals surface area contributed by atoms with Gasteiger partial charge in [0.15, 0.2) is 11.8 Å². The molecule has 5 nitrogen and oxygen atoms in total. The van der Waals surface area contributed by atoms with E-state index in [2.05, 4.69) is 4.98 Å². The molecule has 2 aromatic rings. The standard InChI is InChI=1S/C17H15ClF3NO4/c1-3-24-16(23)10(2)25-11-4-6-12(7-5-11)26-14-9-8-13(18)15(22-14)17(19,20)21/h4-10H,3H2,1-2H3. The number of ether oxygens (including phenoxy) is 3. The SMILES string of the molecule is CCOC(=O)C(C)Oc1ccc(Oc2ccc(Cl)c(C(F)(F)F)n2)cc1. The number of hydrogen-bond donors (Lipinski definition) is 0. The lowest BCUT2D eigenvalue weighted by Gasteiger charge is -2.14. The van der Waals surface area contributed by atoms with Gasteiger partial charge in [-0.2, -0.15) is 13.2 Å². The highest BCUT2D eigenvalue weighted by Crippen LogP contribution is 2.35. The molecule has 0 fully saturated rings. The van der Waals surface area contributed by atoms with Gasteiger partial charge in [-0.1, -0.05) is 11.6 Å². The van der Waals surface area contributed by atoms with E-state index < -0.39 is 29.0 Å². The molecule has 0 aliphatic heterocycles. The quantitative estimate of drug-likeness (QED) is 0.659. The zero-order valence-electron chi connectivity index (χ0n) is 13.8. The van der Waals surface area contributed by atoms with Crippen molar-refractivity contribution in [2.24, 2.45) is 0 Å². The van der Waals surface area contributed by atoms with Gasteiger partial charge < -0.3 is 14.2 Å². The maximum absolute atomic E-state index is 12.8. The molecule has 1 heterocycles. The van der Waals surface area contributed by atoms with E-state index in [0.717, 1.165) is 6.07 Å². The number of carbonyl (C=O) groups excluding carboxylic acids is 1. The van der Waals surface area contributed by atoms with Crippen LogP contribution < -0.4 is 9.47 Å². The first-order valence-corrected chi connectivity index (χ1v) is 7.93. The summed E-state index contributed by atoms with van der Waals surface area (Å²) in [6.07, 6.45) is -5.48. The van der Waals surface area contributed by atoms with E-state index in [-0.39, 0.29) is 18.2 Å². The summed E-state index contributed by atoms with van der Waals surface area (Å²) in [5.74, 6) is -0.143. The Kier molecular flexibility index (Phi) is 6.31. The number of carbonyl (C=O) groups is 1. The number of pyridine rings is 1. The van der Waals surface area contributed by atoms with Crippen LogP contribution in [0.1, 0.15) is 19.5 Å². The zero-order valence-corrected chi connectivity index (χ0v) is 14.6. The topological polar surface area (TPSA) is 57.7 Å². The normalized spacial score (nSPS) is 12.4. The number of aromatic nitrogens is 1. The third-order valence-electron chi connectivity index (χ3n) is 3.07. The molecule has 140 valence electrons. The third-order valence-corrected chi connectivity index (χ3v) is 3.37. The first kappa shape index (κ1) is 19.8. The summed E-state index contributed by atoms with van der Waals surface area (Å²) in [5.41, 5.74) is -1.22. The van der Waals surface area contributed by atoms with E-state index in [1.165, 1.54) is 30.3 Å². The molecule has 0 saturated carbocycles. The number of hydrogen-bond acceptors (Lipinski definition) is 5. The van der Waals surface area contributed by atoms with Gasteiger partial charge in [-0.3, -0.25) is 0 Å². The first-order chi connectivity index (χ1) is 12.2. The molecule has 1 aromatic heterocycles. The number of benzene rings is 1. The molecular formula is C17H15ClF3NO4. The van der Waals surface area contributed by atoms with Crippen molar-refractivity contribution < 1.29 is 32.2 Å². The van der Waals surface area contributed by atoms with Crippen molar-refractivity contribution in [1.29, 1.82) is 0 Å². The molecule has 0 N–H and O–H groups in total. The highest BCUT2D eigenvalue weighted by molar-refractivity contribution is 6.31. The fourth-order valence-electron chi connectivity index (χ4n) is 1.90. The van der Waals surface area contributed by atoms with Crippen LogP contribution in [0, 0.1) is 0 Å². The lowest BCUT2D eigenvalue weighted by atomic mass is 10.3. The van der Waals surface area contributed by atoms with Crippen LogP contribution in [0.2, 0.25) is 5.02 Å². The summed E-state index contributed by atoms with van der Waals surface area (Å²) in [6.45, 7) is 3.47. The highest BCUT2D eigenvalue weighted by Gasteiger charge is 2.35. The first-order valence-electron chi connectivity index (χ1n) is 7.55. The summed E-state index contributed by atoms with van der Waals surface area (Å²) in [7, 11) is 0. The molecule has 0 radical (unpaired) electrons. The smallest absolute Gasteiger partial charge is 0.434 e. The minimum atomic E-state index is -4.68. The maximum atomic E-state index is 12.8. The lowest BCUT2D eigenvalue weighted by Crippen LogP contribution is -2.25. The minimum absolute atomic E-state index is 0.240. The number of nitrogens with zero attached hydrogens (tertiary/aromatic N) is 1. The summed E-state index contributed by atoms with van der Waals surface area (Å²) in [4.78, 5) is 14.9. The number of alkyl halides is 3. The van der Waals surface area contributed by atoms with Gasteiger partial charge in [-0.05, 0) is 44.2 Å². The lowest BCUT2D eigenvalue weighted by molar-refractivity contribution is -0.150. The summed E-state index contributed by atoms with van der Waals surface area (Å²) < 4.78 is 53.9. The molecular weight excluding hydrogens is 375 g/mol. The van der Waals surface area contributed by atoms with Gasteiger partial charge in [0.2, 0.25) is 5.88 Å². The molecule has 9 heteroatoms. The molecule has 1 atom stereocenters. The van der Waals surface area contributed by atoms with E-state index >= 15 is 0 Å². The van der Waals surface area contributed by atoms with E-state index in [0.29, 0.717) is 5.75 Å². The Morgan fingerprint density at radius 3 is 2.35 bits per heavy atom. The summed E-state index contributed by atoms with van der Waals surface area (Å²) in [6, 6.07) is 8.24. The van der Waals surface area contributed by atoms with Gasteiger partial charge in [-0.15, -0.1) is 0 Å². The predicted octanol–water partition coefficient (Wildman–Crippen LogP) is 4.88. The maximum Gasteiger partial charge on any atom is 0.434 e. The van der Waals surface area contributed by atoms with Gasteiger partial charge in [0.1, 0.15) is 11.5 Å². The van der Waals surface area contributed by atoms with Crippen LogP contribution in [0.4, 0.5) is 13.2 Å². The second-order valence-corrected chi connectivity index (χ2v) is 5.47. The average molecular weight is 390 g/mol. The van der Waals surface area contributed by atoms with Gasteiger partial charge >= 0.3 is 12.1 Å². The minimum Gasteiger partial charge on any atom is -0.479 e. The van der Waals surface area contributed by atoms with Gasteiger partial charge in [0, 0.05) is 6.07 Å².